The molecule has 5 N–H and O–H groups in total. The van der Waals surface area contributed by atoms with Crippen LogP contribution in [0.4, 0.5) is 0 Å². The Morgan fingerprint density at radius 1 is 0.508 bits per heavy atom. The molecule has 4 atom stereocenters. The van der Waals surface area contributed by atoms with Crippen LogP contribution in [0, 0.1) is 5.92 Å². The largest absolute Gasteiger partial charge is 0.472 e. The van der Waals surface area contributed by atoms with E-state index in [4.69, 9.17) is 23.8 Å². The summed E-state index contributed by atoms with van der Waals surface area (Å²) in [6.45, 7) is 3.57. The van der Waals surface area contributed by atoms with Crippen LogP contribution < -0.4 is 0 Å². The number of carbonyl (C=O) groups is 2. The standard InChI is InChI=1S/C45H82O14P2/c1-40(2)32-28-24-20-16-12-8-7-11-15-19-23-27-31-35-45(49)59-43(39-58-61(53,54)57-37-42(47)36-56-60(50,51)52)38-55-44(48)34-30-26-22-18-14-10-6-4-5-9-13-17-21-25-29-33-41(3)46/h5-6,9-10,17-18,21-22,40-43,46-47H,4,7-8,11-16,19-20,23-39H2,1-3H3,(H,53,54)(H2,50,51,52)/b9-5-,10-6-,21-17-,22-18-/t41-,42+,43-/m1/s1. The highest BCUT2D eigenvalue weighted by atomic mass is 31.2. The molecule has 0 bridgehead atoms. The molecule has 0 radical (unpaired) electrons. The van der Waals surface area contributed by atoms with Crippen LogP contribution in [0.2, 0.25) is 0 Å². The molecule has 0 saturated carbocycles. The van der Waals surface area contributed by atoms with E-state index in [1.54, 1.807) is 6.92 Å². The number of hydrogen-bond acceptors (Lipinski definition) is 11. The van der Waals surface area contributed by atoms with E-state index in [1.807, 2.05) is 12.2 Å². The third-order valence-electron chi connectivity index (χ3n) is 9.41. The van der Waals surface area contributed by atoms with Gasteiger partial charge in [-0.15, -0.1) is 0 Å². The Hall–Kier alpha value is -1.96. The summed E-state index contributed by atoms with van der Waals surface area (Å²) >= 11 is 0. The number of hydrogen-bond donors (Lipinski definition) is 5. The van der Waals surface area contributed by atoms with Crippen molar-refractivity contribution in [2.45, 2.75) is 193 Å². The molecule has 16 heteroatoms. The molecule has 0 aliphatic heterocycles. The molecule has 61 heavy (non-hydrogen) atoms. The lowest BCUT2D eigenvalue weighted by molar-refractivity contribution is -0.161. The zero-order valence-electron chi connectivity index (χ0n) is 37.5. The molecule has 0 heterocycles. The molecule has 0 amide bonds. The van der Waals surface area contributed by atoms with E-state index >= 15 is 0 Å². The first-order valence-electron chi connectivity index (χ1n) is 22.7. The van der Waals surface area contributed by atoms with Gasteiger partial charge < -0.3 is 34.4 Å². The Labute approximate surface area is 367 Å². The van der Waals surface area contributed by atoms with Gasteiger partial charge in [0.15, 0.2) is 6.10 Å². The third-order valence-corrected chi connectivity index (χ3v) is 10.8. The first-order valence-corrected chi connectivity index (χ1v) is 25.7. The molecule has 1 unspecified atom stereocenters. The summed E-state index contributed by atoms with van der Waals surface area (Å²) < 4.78 is 47.7. The van der Waals surface area contributed by atoms with Gasteiger partial charge in [-0.05, 0) is 70.6 Å². The number of allylic oxidation sites excluding steroid dienone is 8. The molecule has 0 aromatic heterocycles. The SMILES string of the molecule is CC(C)CCCCCCCCCCCCCCCC(=O)O[C@H](COC(=O)CCC/C=C\C/C=C\C/C=C\C/C=C\CCC[C@@H](C)O)COP(=O)(O)OC[C@@H](O)COP(=O)(O)O. The topological polar surface area (TPSA) is 216 Å². The van der Waals surface area contributed by atoms with E-state index in [0.29, 0.717) is 19.3 Å². The second-order valence-corrected chi connectivity index (χ2v) is 18.8. The molecular weight excluding hydrogens is 826 g/mol. The average Bonchev–Trinajstić information content (AvgIpc) is 3.19. The van der Waals surface area contributed by atoms with Crippen molar-refractivity contribution in [1.29, 1.82) is 0 Å². The highest BCUT2D eigenvalue weighted by Gasteiger charge is 2.28. The van der Waals surface area contributed by atoms with E-state index in [2.05, 4.69) is 59.4 Å². The van der Waals surface area contributed by atoms with Crippen LogP contribution in [0.3, 0.4) is 0 Å². The minimum Gasteiger partial charge on any atom is -0.462 e. The van der Waals surface area contributed by atoms with E-state index in [9.17, 15) is 33.8 Å². The number of rotatable bonds is 42. The molecular formula is C45H82O14P2. The van der Waals surface area contributed by atoms with Crippen molar-refractivity contribution in [3.05, 3.63) is 48.6 Å². The minimum absolute atomic E-state index is 0.107. The fourth-order valence-corrected chi connectivity index (χ4v) is 7.11. The van der Waals surface area contributed by atoms with Crippen LogP contribution in [0.5, 0.6) is 0 Å². The van der Waals surface area contributed by atoms with Crippen molar-refractivity contribution in [3.63, 3.8) is 0 Å². The lowest BCUT2D eigenvalue weighted by Gasteiger charge is -2.20. The normalized spacial score (nSPS) is 15.0. The Kier molecular flexibility index (Phi) is 38.3. The van der Waals surface area contributed by atoms with Gasteiger partial charge in [0.2, 0.25) is 0 Å². The Morgan fingerprint density at radius 2 is 0.951 bits per heavy atom. The number of carbonyl (C=O) groups excluding carboxylic acids is 2. The highest BCUT2D eigenvalue weighted by molar-refractivity contribution is 7.47. The van der Waals surface area contributed by atoms with Gasteiger partial charge in [0.1, 0.15) is 12.7 Å². The van der Waals surface area contributed by atoms with Gasteiger partial charge in [0.25, 0.3) is 0 Å². The maximum Gasteiger partial charge on any atom is 0.472 e. The number of unbranched alkanes of at least 4 members (excludes halogenated alkanes) is 14. The third kappa shape index (κ3) is 45.9. The molecule has 14 nitrogen and oxygen atoms in total. The van der Waals surface area contributed by atoms with Crippen LogP contribution in [-0.2, 0) is 41.8 Å². The summed E-state index contributed by atoms with van der Waals surface area (Å²) in [5.41, 5.74) is 0. The fourth-order valence-electron chi connectivity index (χ4n) is 5.96. The smallest absolute Gasteiger partial charge is 0.462 e. The molecule has 0 aliphatic rings. The maximum atomic E-state index is 12.7. The molecule has 0 aliphatic carbocycles. The fraction of sp³-hybridized carbons (Fsp3) is 0.778. The van der Waals surface area contributed by atoms with Gasteiger partial charge in [-0.2, -0.15) is 0 Å². The summed E-state index contributed by atoms with van der Waals surface area (Å²) in [7, 11) is -9.70. The van der Waals surface area contributed by atoms with Gasteiger partial charge in [0.05, 0.1) is 25.9 Å². The van der Waals surface area contributed by atoms with Crippen molar-refractivity contribution in [3.8, 4) is 0 Å². The molecule has 356 valence electrons. The quantitative estimate of drug-likeness (QED) is 0.0167. The first-order chi connectivity index (χ1) is 29.1. The Balaban J connectivity index is 4.57. The van der Waals surface area contributed by atoms with Crippen molar-refractivity contribution in [1.82, 2.24) is 0 Å². The zero-order valence-corrected chi connectivity index (χ0v) is 39.3. The van der Waals surface area contributed by atoms with Crippen molar-refractivity contribution in [2.75, 3.05) is 26.4 Å². The summed E-state index contributed by atoms with van der Waals surface area (Å²) in [4.78, 5) is 52.7. The van der Waals surface area contributed by atoms with Crippen LogP contribution in [0.1, 0.15) is 175 Å². The second-order valence-electron chi connectivity index (χ2n) is 16.1. The van der Waals surface area contributed by atoms with Gasteiger partial charge in [-0.25, -0.2) is 9.13 Å². The summed E-state index contributed by atoms with van der Waals surface area (Å²) in [6.07, 6.45) is 36.7. The van der Waals surface area contributed by atoms with E-state index in [0.717, 1.165) is 63.7 Å². The Morgan fingerprint density at radius 3 is 1.46 bits per heavy atom. The number of phosphoric ester groups is 2. The molecule has 0 rings (SSSR count). The number of esters is 2. The van der Waals surface area contributed by atoms with Crippen molar-refractivity contribution >= 4 is 27.6 Å². The van der Waals surface area contributed by atoms with Gasteiger partial charge in [0, 0.05) is 12.8 Å². The molecule has 0 fully saturated rings. The first kappa shape index (κ1) is 59.0. The van der Waals surface area contributed by atoms with Crippen LogP contribution in [-0.4, -0.2) is 81.6 Å². The van der Waals surface area contributed by atoms with Gasteiger partial charge in [-0.1, -0.05) is 146 Å². The number of phosphoric acid groups is 2. The van der Waals surface area contributed by atoms with Crippen molar-refractivity contribution in [2.24, 2.45) is 5.92 Å². The van der Waals surface area contributed by atoms with Crippen LogP contribution >= 0.6 is 15.6 Å². The van der Waals surface area contributed by atoms with Crippen molar-refractivity contribution < 1.29 is 66.7 Å². The molecule has 0 spiro atoms. The summed E-state index contributed by atoms with van der Waals surface area (Å²) in [6, 6.07) is 0. The summed E-state index contributed by atoms with van der Waals surface area (Å²) in [5.74, 6) is -0.316. The van der Waals surface area contributed by atoms with Crippen LogP contribution in [0.15, 0.2) is 48.6 Å². The number of aliphatic hydroxyl groups excluding tert-OH is 2. The summed E-state index contributed by atoms with van der Waals surface area (Å²) in [5, 5.41) is 19.0. The second kappa shape index (κ2) is 39.6. The zero-order chi connectivity index (χ0) is 45.5. The predicted molar refractivity (Wildman–Crippen MR) is 240 cm³/mol. The van der Waals surface area contributed by atoms with E-state index < -0.39 is 66.2 Å². The van der Waals surface area contributed by atoms with E-state index in [1.165, 1.54) is 64.2 Å². The molecule has 0 saturated heterocycles. The number of aliphatic hydroxyl groups is 2. The van der Waals surface area contributed by atoms with Gasteiger partial charge >= 0.3 is 27.6 Å². The van der Waals surface area contributed by atoms with E-state index in [-0.39, 0.29) is 18.9 Å². The molecule has 0 aromatic rings. The lowest BCUT2D eigenvalue weighted by atomic mass is 10.0. The van der Waals surface area contributed by atoms with Gasteiger partial charge in [-0.3, -0.25) is 23.2 Å². The van der Waals surface area contributed by atoms with Crippen LogP contribution in [0.25, 0.3) is 0 Å². The maximum absolute atomic E-state index is 12.7. The Bertz CT molecular complexity index is 1290. The monoisotopic (exact) mass is 909 g/mol. The highest BCUT2D eigenvalue weighted by Crippen LogP contribution is 2.43. The number of ether oxygens (including phenoxy) is 2. The molecule has 0 aromatic carbocycles. The average molecular weight is 909 g/mol. The predicted octanol–water partition coefficient (Wildman–Crippen LogP) is 10.7. The lowest BCUT2D eigenvalue weighted by Crippen LogP contribution is -2.30. The minimum atomic E-state index is -4.87.